The zero-order chi connectivity index (χ0) is 17.1. The normalized spacial score (nSPS) is 20.7. The van der Waals surface area contributed by atoms with Crippen LogP contribution in [0, 0.1) is 11.8 Å². The Morgan fingerprint density at radius 2 is 1.54 bits per heavy atom. The van der Waals surface area contributed by atoms with Crippen molar-refractivity contribution in [2.75, 3.05) is 0 Å². The van der Waals surface area contributed by atoms with Crippen LogP contribution in [-0.2, 0) is 9.59 Å². The SMILES string of the molecule is O=C(O)C1CCC1C(=O)NC(c1ccccc1)c1ccc(Cl)cc1. The molecule has 1 aliphatic rings. The van der Waals surface area contributed by atoms with E-state index in [1.807, 2.05) is 42.5 Å². The molecular weight excluding hydrogens is 326 g/mol. The molecule has 5 heteroatoms. The number of carboxylic acids is 1. The first-order chi connectivity index (χ1) is 11.6. The van der Waals surface area contributed by atoms with Gasteiger partial charge in [0, 0.05) is 5.02 Å². The molecule has 0 radical (unpaired) electrons. The monoisotopic (exact) mass is 343 g/mol. The average molecular weight is 344 g/mol. The summed E-state index contributed by atoms with van der Waals surface area (Å²) in [5.41, 5.74) is 1.85. The van der Waals surface area contributed by atoms with Crippen LogP contribution >= 0.6 is 11.6 Å². The molecule has 2 aromatic carbocycles. The quantitative estimate of drug-likeness (QED) is 0.870. The fraction of sp³-hybridized carbons (Fsp3) is 0.263. The second-order valence-electron chi connectivity index (χ2n) is 6.03. The zero-order valence-corrected chi connectivity index (χ0v) is 13.7. The molecule has 0 bridgehead atoms. The van der Waals surface area contributed by atoms with Gasteiger partial charge in [0.05, 0.1) is 17.9 Å². The van der Waals surface area contributed by atoms with Crippen LogP contribution in [0.2, 0.25) is 5.02 Å². The van der Waals surface area contributed by atoms with Gasteiger partial charge in [-0.1, -0.05) is 54.1 Å². The molecule has 1 aliphatic carbocycles. The minimum Gasteiger partial charge on any atom is -0.481 e. The number of amides is 1. The molecule has 1 saturated carbocycles. The maximum atomic E-state index is 12.6. The molecule has 0 saturated heterocycles. The van der Waals surface area contributed by atoms with E-state index in [4.69, 9.17) is 16.7 Å². The van der Waals surface area contributed by atoms with Crippen molar-refractivity contribution in [2.24, 2.45) is 11.8 Å². The van der Waals surface area contributed by atoms with Gasteiger partial charge in [0.15, 0.2) is 0 Å². The summed E-state index contributed by atoms with van der Waals surface area (Å²) in [6.07, 6.45) is 1.18. The van der Waals surface area contributed by atoms with Crippen molar-refractivity contribution >= 4 is 23.5 Å². The van der Waals surface area contributed by atoms with E-state index in [9.17, 15) is 9.59 Å². The highest BCUT2D eigenvalue weighted by molar-refractivity contribution is 6.30. The lowest BCUT2D eigenvalue weighted by Gasteiger charge is -2.33. The van der Waals surface area contributed by atoms with Crippen LogP contribution in [0.25, 0.3) is 0 Å². The number of carbonyl (C=O) groups excluding carboxylic acids is 1. The molecule has 4 nitrogen and oxygen atoms in total. The Kier molecular flexibility index (Phi) is 4.86. The average Bonchev–Trinajstić information content (AvgIpc) is 2.53. The second kappa shape index (κ2) is 7.05. The van der Waals surface area contributed by atoms with Crippen molar-refractivity contribution in [1.82, 2.24) is 5.32 Å². The van der Waals surface area contributed by atoms with E-state index in [1.54, 1.807) is 12.1 Å². The van der Waals surface area contributed by atoms with Crippen LogP contribution < -0.4 is 5.32 Å². The second-order valence-corrected chi connectivity index (χ2v) is 6.47. The number of nitrogens with one attached hydrogen (secondary N) is 1. The van der Waals surface area contributed by atoms with Crippen molar-refractivity contribution in [3.8, 4) is 0 Å². The lowest BCUT2D eigenvalue weighted by atomic mass is 9.73. The van der Waals surface area contributed by atoms with E-state index in [0.29, 0.717) is 17.9 Å². The van der Waals surface area contributed by atoms with Crippen molar-refractivity contribution < 1.29 is 14.7 Å². The lowest BCUT2D eigenvalue weighted by Crippen LogP contribution is -2.45. The number of hydrogen-bond donors (Lipinski definition) is 2. The lowest BCUT2D eigenvalue weighted by molar-refractivity contribution is -0.152. The van der Waals surface area contributed by atoms with E-state index in [0.717, 1.165) is 11.1 Å². The van der Waals surface area contributed by atoms with E-state index in [-0.39, 0.29) is 11.9 Å². The van der Waals surface area contributed by atoms with Crippen LogP contribution in [-0.4, -0.2) is 17.0 Å². The summed E-state index contributed by atoms with van der Waals surface area (Å²) < 4.78 is 0. The van der Waals surface area contributed by atoms with Crippen LogP contribution in [0.5, 0.6) is 0 Å². The molecular formula is C19H18ClNO3. The number of halogens is 1. The van der Waals surface area contributed by atoms with Crippen LogP contribution in [0.3, 0.4) is 0 Å². The summed E-state index contributed by atoms with van der Waals surface area (Å²) in [5.74, 6) is -2.14. The number of rotatable bonds is 5. The maximum Gasteiger partial charge on any atom is 0.307 e. The molecule has 0 aromatic heterocycles. The summed E-state index contributed by atoms with van der Waals surface area (Å²) >= 11 is 5.95. The summed E-state index contributed by atoms with van der Waals surface area (Å²) in [6.45, 7) is 0. The van der Waals surface area contributed by atoms with Gasteiger partial charge in [0.2, 0.25) is 5.91 Å². The first-order valence-corrected chi connectivity index (χ1v) is 8.27. The highest BCUT2D eigenvalue weighted by atomic mass is 35.5. The van der Waals surface area contributed by atoms with E-state index >= 15 is 0 Å². The summed E-state index contributed by atoms with van der Waals surface area (Å²) in [7, 11) is 0. The summed E-state index contributed by atoms with van der Waals surface area (Å²) in [5, 5.41) is 12.8. The highest BCUT2D eigenvalue weighted by Crippen LogP contribution is 2.35. The largest absolute Gasteiger partial charge is 0.481 e. The Balaban J connectivity index is 1.84. The smallest absolute Gasteiger partial charge is 0.307 e. The van der Waals surface area contributed by atoms with Crippen molar-refractivity contribution in [1.29, 1.82) is 0 Å². The molecule has 24 heavy (non-hydrogen) atoms. The number of hydrogen-bond acceptors (Lipinski definition) is 2. The number of benzene rings is 2. The third-order valence-electron chi connectivity index (χ3n) is 4.55. The predicted molar refractivity (Wildman–Crippen MR) is 91.7 cm³/mol. The number of carboxylic acid groups (broad SMARTS) is 1. The topological polar surface area (TPSA) is 66.4 Å². The molecule has 3 atom stereocenters. The van der Waals surface area contributed by atoms with E-state index in [1.165, 1.54) is 0 Å². The van der Waals surface area contributed by atoms with E-state index < -0.39 is 17.8 Å². The van der Waals surface area contributed by atoms with Crippen LogP contribution in [0.1, 0.15) is 30.0 Å². The Bertz CT molecular complexity index is 730. The van der Waals surface area contributed by atoms with Gasteiger partial charge in [-0.15, -0.1) is 0 Å². The predicted octanol–water partition coefficient (Wildman–Crippen LogP) is 3.66. The molecule has 0 aliphatic heterocycles. The highest BCUT2D eigenvalue weighted by Gasteiger charge is 2.42. The zero-order valence-electron chi connectivity index (χ0n) is 13.0. The summed E-state index contributed by atoms with van der Waals surface area (Å²) in [6, 6.07) is 16.6. The maximum absolute atomic E-state index is 12.6. The van der Waals surface area contributed by atoms with Crippen molar-refractivity contribution in [3.63, 3.8) is 0 Å². The minimum atomic E-state index is -0.899. The van der Waals surface area contributed by atoms with Gasteiger partial charge in [-0.05, 0) is 36.1 Å². The van der Waals surface area contributed by atoms with Crippen molar-refractivity contribution in [2.45, 2.75) is 18.9 Å². The molecule has 2 N–H and O–H groups in total. The Labute approximate surface area is 145 Å². The fourth-order valence-electron chi connectivity index (χ4n) is 3.02. The first-order valence-electron chi connectivity index (χ1n) is 7.90. The van der Waals surface area contributed by atoms with Crippen LogP contribution in [0.4, 0.5) is 0 Å². The Morgan fingerprint density at radius 1 is 0.958 bits per heavy atom. The third kappa shape index (κ3) is 3.44. The van der Waals surface area contributed by atoms with Gasteiger partial charge >= 0.3 is 5.97 Å². The van der Waals surface area contributed by atoms with Gasteiger partial charge in [-0.2, -0.15) is 0 Å². The van der Waals surface area contributed by atoms with E-state index in [2.05, 4.69) is 5.32 Å². The van der Waals surface area contributed by atoms with Gasteiger partial charge in [-0.3, -0.25) is 9.59 Å². The first kappa shape index (κ1) is 16.5. The summed E-state index contributed by atoms with van der Waals surface area (Å²) in [4.78, 5) is 23.7. The number of aliphatic carboxylic acids is 1. The molecule has 1 amide bonds. The molecule has 3 unspecified atom stereocenters. The van der Waals surface area contributed by atoms with Crippen molar-refractivity contribution in [3.05, 3.63) is 70.7 Å². The molecule has 3 rings (SSSR count). The standard InChI is InChI=1S/C19H18ClNO3/c20-14-8-6-13(7-9-14)17(12-4-2-1-3-5-12)21-18(22)15-10-11-16(15)19(23)24/h1-9,15-17H,10-11H2,(H,21,22)(H,23,24). The fourth-order valence-corrected chi connectivity index (χ4v) is 3.14. The molecule has 2 aromatic rings. The minimum absolute atomic E-state index is 0.211. The molecule has 1 fully saturated rings. The van der Waals surface area contributed by atoms with Gasteiger partial charge in [0.1, 0.15) is 0 Å². The Hall–Kier alpha value is -2.33. The van der Waals surface area contributed by atoms with Gasteiger partial charge < -0.3 is 10.4 Å². The van der Waals surface area contributed by atoms with Gasteiger partial charge in [-0.25, -0.2) is 0 Å². The Morgan fingerprint density at radius 3 is 2.08 bits per heavy atom. The molecule has 124 valence electrons. The third-order valence-corrected chi connectivity index (χ3v) is 4.80. The number of carbonyl (C=O) groups is 2. The van der Waals surface area contributed by atoms with Gasteiger partial charge in [0.25, 0.3) is 0 Å². The molecule has 0 heterocycles. The molecule has 0 spiro atoms. The van der Waals surface area contributed by atoms with Crippen LogP contribution in [0.15, 0.2) is 54.6 Å².